The van der Waals surface area contributed by atoms with E-state index in [9.17, 15) is 0 Å². The number of hydrogen-bond donors (Lipinski definition) is 0. The van der Waals surface area contributed by atoms with Crippen LogP contribution in [0.1, 0.15) is 77.8 Å². The normalized spacial score (nSPS) is 24.8. The maximum absolute atomic E-state index is 15.1. The number of rotatable bonds is 3. The molecule has 1 aromatic rings. The Hall–Kier alpha value is -1.47. The number of aromatic nitrogens is 2. The van der Waals surface area contributed by atoms with E-state index < -0.39 is 18.3 Å². The lowest BCUT2D eigenvalue weighted by molar-refractivity contribution is 0.00578. The predicted octanol–water partition coefficient (Wildman–Crippen LogP) is 4.59. The standard InChI is InChI=1S/C21H31BFN3O2/c1-20(2)21(3,4)28-22(27-20)19(23)16-9-11-26(12-10-16)18-13-17(24-14-25-18)15-7-5-6-8-15/h13-15H,5-12H2,1-4H3. The third-order valence-corrected chi connectivity index (χ3v) is 6.94. The van der Waals surface area contributed by atoms with E-state index in [1.165, 1.54) is 25.7 Å². The minimum atomic E-state index is -0.889. The van der Waals surface area contributed by atoms with Gasteiger partial charge in [0.05, 0.1) is 11.2 Å². The molecule has 1 saturated carbocycles. The number of hydrogen-bond acceptors (Lipinski definition) is 5. The molecule has 4 rings (SSSR count). The molecule has 1 aliphatic carbocycles. The molecule has 0 atom stereocenters. The lowest BCUT2D eigenvalue weighted by Gasteiger charge is -2.32. The van der Waals surface area contributed by atoms with Crippen LogP contribution in [0.4, 0.5) is 10.2 Å². The van der Waals surface area contributed by atoms with Crippen molar-refractivity contribution in [3.63, 3.8) is 0 Å². The highest BCUT2D eigenvalue weighted by Crippen LogP contribution is 2.40. The molecule has 0 N–H and O–H groups in total. The molecule has 0 radical (unpaired) electrons. The minimum Gasteiger partial charge on any atom is -0.398 e. The maximum Gasteiger partial charge on any atom is 0.525 e. The van der Waals surface area contributed by atoms with Gasteiger partial charge in [-0.15, -0.1) is 0 Å². The summed E-state index contributed by atoms with van der Waals surface area (Å²) >= 11 is 0. The molecule has 152 valence electrons. The van der Waals surface area contributed by atoms with E-state index >= 15 is 4.39 Å². The van der Waals surface area contributed by atoms with E-state index in [1.54, 1.807) is 6.33 Å². The number of halogens is 1. The fourth-order valence-corrected chi connectivity index (χ4v) is 4.34. The maximum atomic E-state index is 15.1. The van der Waals surface area contributed by atoms with Crippen molar-refractivity contribution in [1.29, 1.82) is 0 Å². The fourth-order valence-electron chi connectivity index (χ4n) is 4.34. The highest BCUT2D eigenvalue weighted by atomic mass is 19.1. The Morgan fingerprint density at radius 3 is 2.29 bits per heavy atom. The summed E-state index contributed by atoms with van der Waals surface area (Å²) in [5.74, 6) is 1.54. The number of piperidine rings is 1. The molecule has 1 aromatic heterocycles. The van der Waals surface area contributed by atoms with Crippen LogP contribution in [0.3, 0.4) is 0 Å². The summed E-state index contributed by atoms with van der Waals surface area (Å²) in [5.41, 5.74) is 0.682. The van der Waals surface area contributed by atoms with Crippen LogP contribution in [0.5, 0.6) is 0 Å². The molecule has 3 aliphatic rings. The van der Waals surface area contributed by atoms with Crippen molar-refractivity contribution in [1.82, 2.24) is 9.97 Å². The van der Waals surface area contributed by atoms with Crippen LogP contribution in [0.15, 0.2) is 23.7 Å². The molecule has 0 amide bonds. The van der Waals surface area contributed by atoms with Crippen molar-refractivity contribution in [3.05, 3.63) is 29.4 Å². The fraction of sp³-hybridized carbons (Fsp3) is 0.714. The summed E-state index contributed by atoms with van der Waals surface area (Å²) in [5, 5.41) is 0. The Balaban J connectivity index is 1.42. The summed E-state index contributed by atoms with van der Waals surface area (Å²) in [6.45, 7) is 9.30. The Bertz CT molecular complexity index is 736. The van der Waals surface area contributed by atoms with Gasteiger partial charge in [-0.1, -0.05) is 12.8 Å². The van der Waals surface area contributed by atoms with E-state index in [0.29, 0.717) is 18.8 Å². The van der Waals surface area contributed by atoms with Crippen LogP contribution in [0.2, 0.25) is 0 Å². The van der Waals surface area contributed by atoms with Crippen molar-refractivity contribution >= 4 is 12.9 Å². The molecule has 5 nitrogen and oxygen atoms in total. The van der Waals surface area contributed by atoms with Gasteiger partial charge in [0.1, 0.15) is 17.9 Å². The molecule has 3 heterocycles. The first-order valence-electron chi connectivity index (χ1n) is 10.6. The molecule has 0 bridgehead atoms. The second-order valence-electron chi connectivity index (χ2n) is 9.31. The highest BCUT2D eigenvalue weighted by Gasteiger charge is 2.53. The SMILES string of the molecule is CC1(C)OB(C(F)=C2CCN(c3cc(C4CCCC4)ncn3)CC2)OC1(C)C. The molecule has 0 unspecified atom stereocenters. The summed E-state index contributed by atoms with van der Waals surface area (Å²) < 4.78 is 26.8. The van der Waals surface area contributed by atoms with Gasteiger partial charge in [0.25, 0.3) is 0 Å². The van der Waals surface area contributed by atoms with Crippen LogP contribution < -0.4 is 4.90 Å². The molecular weight excluding hydrogens is 356 g/mol. The smallest absolute Gasteiger partial charge is 0.398 e. The zero-order valence-corrected chi connectivity index (χ0v) is 17.5. The van der Waals surface area contributed by atoms with Gasteiger partial charge >= 0.3 is 7.12 Å². The quantitative estimate of drug-likeness (QED) is 0.710. The molecule has 28 heavy (non-hydrogen) atoms. The Morgan fingerprint density at radius 2 is 1.68 bits per heavy atom. The van der Waals surface area contributed by atoms with Gasteiger partial charge in [-0.05, 0) is 59.0 Å². The van der Waals surface area contributed by atoms with E-state index in [0.717, 1.165) is 30.2 Å². The van der Waals surface area contributed by atoms with Crippen molar-refractivity contribution in [2.75, 3.05) is 18.0 Å². The summed E-state index contributed by atoms with van der Waals surface area (Å²) in [4.78, 5) is 11.2. The molecule has 0 spiro atoms. The van der Waals surface area contributed by atoms with Crippen LogP contribution in [-0.2, 0) is 9.31 Å². The number of anilines is 1. The van der Waals surface area contributed by atoms with Crippen molar-refractivity contribution in [2.24, 2.45) is 0 Å². The van der Waals surface area contributed by atoms with Crippen LogP contribution >= 0.6 is 0 Å². The third-order valence-electron chi connectivity index (χ3n) is 6.94. The first-order valence-corrected chi connectivity index (χ1v) is 10.6. The molecule has 7 heteroatoms. The average Bonchev–Trinajstić information content (AvgIpc) is 3.28. The largest absolute Gasteiger partial charge is 0.525 e. The van der Waals surface area contributed by atoms with E-state index in [4.69, 9.17) is 9.31 Å². The lowest BCUT2D eigenvalue weighted by atomic mass is 9.82. The van der Waals surface area contributed by atoms with Gasteiger partial charge in [0.15, 0.2) is 0 Å². The van der Waals surface area contributed by atoms with Gasteiger partial charge < -0.3 is 14.2 Å². The Morgan fingerprint density at radius 1 is 1.07 bits per heavy atom. The first-order chi connectivity index (χ1) is 13.3. The first kappa shape index (κ1) is 19.8. The van der Waals surface area contributed by atoms with E-state index in [2.05, 4.69) is 20.9 Å². The molecule has 0 aromatic carbocycles. The van der Waals surface area contributed by atoms with Gasteiger partial charge in [-0.2, -0.15) is 0 Å². The summed E-state index contributed by atoms with van der Waals surface area (Å²) in [7, 11) is -0.889. The number of nitrogens with zero attached hydrogens (tertiary/aromatic N) is 3. The topological polar surface area (TPSA) is 47.5 Å². The van der Waals surface area contributed by atoms with Crippen molar-refractivity contribution < 1.29 is 13.7 Å². The molecular formula is C21H31BFN3O2. The minimum absolute atomic E-state index is 0.243. The van der Waals surface area contributed by atoms with Gasteiger partial charge in [0.2, 0.25) is 0 Å². The van der Waals surface area contributed by atoms with Gasteiger partial charge in [-0.25, -0.2) is 14.4 Å². The predicted molar refractivity (Wildman–Crippen MR) is 109 cm³/mol. The van der Waals surface area contributed by atoms with Crippen molar-refractivity contribution in [2.45, 2.75) is 83.3 Å². The lowest BCUT2D eigenvalue weighted by Crippen LogP contribution is -2.41. The second-order valence-corrected chi connectivity index (χ2v) is 9.31. The van der Waals surface area contributed by atoms with Gasteiger partial charge in [0, 0.05) is 30.8 Å². The van der Waals surface area contributed by atoms with Crippen LogP contribution in [0, 0.1) is 0 Å². The Kier molecular flexibility index (Phi) is 5.25. The van der Waals surface area contributed by atoms with E-state index in [-0.39, 0.29) is 5.73 Å². The second kappa shape index (κ2) is 7.41. The van der Waals surface area contributed by atoms with Crippen molar-refractivity contribution in [3.8, 4) is 0 Å². The molecule has 2 aliphatic heterocycles. The average molecular weight is 387 g/mol. The zero-order valence-electron chi connectivity index (χ0n) is 17.5. The van der Waals surface area contributed by atoms with Crippen LogP contribution in [0.25, 0.3) is 0 Å². The summed E-state index contributed by atoms with van der Waals surface area (Å²) in [6.07, 6.45) is 8.04. The zero-order chi connectivity index (χ0) is 19.9. The van der Waals surface area contributed by atoms with Gasteiger partial charge in [-0.3, -0.25) is 0 Å². The Labute approximate surface area is 167 Å². The highest BCUT2D eigenvalue weighted by molar-refractivity contribution is 6.53. The van der Waals surface area contributed by atoms with Crippen LogP contribution in [-0.4, -0.2) is 41.4 Å². The monoisotopic (exact) mass is 387 g/mol. The third kappa shape index (κ3) is 3.71. The molecule has 2 saturated heterocycles. The summed E-state index contributed by atoms with van der Waals surface area (Å²) in [6, 6.07) is 2.13. The molecule has 3 fully saturated rings. The van der Waals surface area contributed by atoms with E-state index in [1.807, 2.05) is 27.7 Å².